The lowest BCUT2D eigenvalue weighted by atomic mass is 10.0. The van der Waals surface area contributed by atoms with Gasteiger partial charge in [-0.15, -0.1) is 0 Å². The molecular weight excluding hydrogens is 288 g/mol. The van der Waals surface area contributed by atoms with Gasteiger partial charge in [-0.25, -0.2) is 0 Å². The number of carbonyl (C=O) groups excluding carboxylic acids is 1. The highest BCUT2D eigenvalue weighted by atomic mass is 16.5. The van der Waals surface area contributed by atoms with Gasteiger partial charge in [-0.1, -0.05) is 24.3 Å². The third-order valence-corrected chi connectivity index (χ3v) is 4.09. The number of benzene rings is 2. The van der Waals surface area contributed by atoms with Crippen molar-refractivity contribution in [3.05, 3.63) is 42.0 Å². The van der Waals surface area contributed by atoms with Crippen LogP contribution in [0.3, 0.4) is 0 Å². The van der Waals surface area contributed by atoms with Gasteiger partial charge < -0.3 is 15.0 Å². The summed E-state index contributed by atoms with van der Waals surface area (Å²) >= 11 is 0. The molecule has 1 N–H and O–H groups in total. The Kier molecular flexibility index (Phi) is 6.41. The summed E-state index contributed by atoms with van der Waals surface area (Å²) in [4.78, 5) is 13.8. The number of nitrogens with one attached hydrogen (secondary N) is 1. The van der Waals surface area contributed by atoms with Gasteiger partial charge >= 0.3 is 0 Å². The highest BCUT2D eigenvalue weighted by Gasteiger charge is 2.08. The summed E-state index contributed by atoms with van der Waals surface area (Å²) in [5.41, 5.74) is 1.26. The van der Waals surface area contributed by atoms with Crippen molar-refractivity contribution < 1.29 is 9.53 Å². The minimum Gasteiger partial charge on any atom is -0.497 e. The molecular formula is C19H26N2O2. The number of fused-ring (bicyclic) bond motifs is 1. The monoisotopic (exact) mass is 314 g/mol. The van der Waals surface area contributed by atoms with Crippen LogP contribution >= 0.6 is 0 Å². The number of methoxy groups -OCH3 is 1. The minimum absolute atomic E-state index is 0.165. The number of amides is 1. The molecule has 0 heterocycles. The summed E-state index contributed by atoms with van der Waals surface area (Å²) in [5, 5.41) is 5.63. The van der Waals surface area contributed by atoms with E-state index in [9.17, 15) is 4.79 Å². The quantitative estimate of drug-likeness (QED) is 0.762. The van der Waals surface area contributed by atoms with Crippen LogP contribution < -0.4 is 10.1 Å². The molecule has 0 unspecified atom stereocenters. The zero-order valence-corrected chi connectivity index (χ0v) is 14.3. The molecule has 0 aliphatic rings. The molecule has 0 atom stereocenters. The molecule has 1 amide bonds. The topological polar surface area (TPSA) is 41.6 Å². The second-order valence-corrected chi connectivity index (χ2v) is 5.54. The van der Waals surface area contributed by atoms with E-state index in [-0.39, 0.29) is 5.91 Å². The van der Waals surface area contributed by atoms with Gasteiger partial charge in [0, 0.05) is 13.1 Å². The first kappa shape index (κ1) is 17.3. The molecule has 2 aromatic carbocycles. The maximum Gasteiger partial charge on any atom is 0.236 e. The van der Waals surface area contributed by atoms with E-state index in [2.05, 4.69) is 35.6 Å². The second-order valence-electron chi connectivity index (χ2n) is 5.54. The zero-order chi connectivity index (χ0) is 16.7. The maximum atomic E-state index is 11.9. The molecule has 2 aromatic rings. The number of nitrogens with zero attached hydrogens (tertiary/aromatic N) is 1. The van der Waals surface area contributed by atoms with Crippen molar-refractivity contribution in [1.29, 1.82) is 0 Å². The lowest BCUT2D eigenvalue weighted by Gasteiger charge is -2.18. The molecule has 4 heteroatoms. The van der Waals surface area contributed by atoms with Crippen LogP contribution in [-0.2, 0) is 11.2 Å². The van der Waals surface area contributed by atoms with Crippen LogP contribution in [0, 0.1) is 0 Å². The highest BCUT2D eigenvalue weighted by Crippen LogP contribution is 2.22. The molecule has 4 nitrogen and oxygen atoms in total. The van der Waals surface area contributed by atoms with Gasteiger partial charge in [0.2, 0.25) is 5.91 Å². The predicted octanol–water partition coefficient (Wildman–Crippen LogP) is 2.85. The summed E-state index contributed by atoms with van der Waals surface area (Å²) in [5.74, 6) is 1.04. The highest BCUT2D eigenvalue weighted by molar-refractivity contribution is 5.84. The number of likely N-dealkylation sites (N-methyl/N-ethyl adjacent to an activating group) is 1. The van der Waals surface area contributed by atoms with Gasteiger partial charge in [0.1, 0.15) is 5.75 Å². The first-order valence-corrected chi connectivity index (χ1v) is 8.23. The van der Waals surface area contributed by atoms with Crippen LogP contribution in [0.4, 0.5) is 0 Å². The Morgan fingerprint density at radius 1 is 1.09 bits per heavy atom. The first-order chi connectivity index (χ1) is 11.2. The fraction of sp³-hybridized carbons (Fsp3) is 0.421. The minimum atomic E-state index is 0.165. The average Bonchev–Trinajstić information content (AvgIpc) is 2.59. The normalized spacial score (nSPS) is 10.7. The summed E-state index contributed by atoms with van der Waals surface area (Å²) in [6, 6.07) is 12.6. The van der Waals surface area contributed by atoms with Gasteiger partial charge in [-0.3, -0.25) is 4.79 Å². The van der Waals surface area contributed by atoms with Crippen molar-refractivity contribution in [3.63, 3.8) is 0 Å². The van der Waals surface area contributed by atoms with E-state index in [1.54, 1.807) is 7.11 Å². The third kappa shape index (κ3) is 4.70. The van der Waals surface area contributed by atoms with E-state index in [1.807, 2.05) is 24.8 Å². The third-order valence-electron chi connectivity index (χ3n) is 4.09. The lowest BCUT2D eigenvalue weighted by molar-refractivity contribution is -0.129. The molecule has 23 heavy (non-hydrogen) atoms. The maximum absolute atomic E-state index is 11.9. The van der Waals surface area contributed by atoms with E-state index < -0.39 is 0 Å². The van der Waals surface area contributed by atoms with E-state index in [0.29, 0.717) is 6.54 Å². The Morgan fingerprint density at radius 2 is 1.83 bits per heavy atom. The Balaban J connectivity index is 1.88. The Labute approximate surface area is 138 Å². The molecule has 0 aromatic heterocycles. The van der Waals surface area contributed by atoms with Crippen LogP contribution in [0.5, 0.6) is 5.75 Å². The standard InChI is InChI=1S/C19H26N2O2/c1-4-21(5-2)19(22)14-20-11-10-15-6-7-16-8-9-18(23-3)13-17(16)12-15/h6-9,12-13,20H,4-5,10-11,14H2,1-3H3. The average molecular weight is 314 g/mol. The van der Waals surface area contributed by atoms with Crippen LogP contribution in [0.25, 0.3) is 10.8 Å². The molecule has 0 radical (unpaired) electrons. The van der Waals surface area contributed by atoms with Crippen molar-refractivity contribution in [2.45, 2.75) is 20.3 Å². The number of ether oxygens (including phenoxy) is 1. The molecule has 0 fully saturated rings. The number of hydrogen-bond donors (Lipinski definition) is 1. The molecule has 0 saturated heterocycles. The van der Waals surface area contributed by atoms with Crippen molar-refractivity contribution in [3.8, 4) is 5.75 Å². The second kappa shape index (κ2) is 8.53. The fourth-order valence-electron chi connectivity index (χ4n) is 2.67. The van der Waals surface area contributed by atoms with E-state index in [4.69, 9.17) is 4.74 Å². The first-order valence-electron chi connectivity index (χ1n) is 8.23. The summed E-state index contributed by atoms with van der Waals surface area (Å²) in [6.45, 7) is 6.74. The smallest absolute Gasteiger partial charge is 0.236 e. The molecule has 0 aliphatic carbocycles. The number of hydrogen-bond acceptors (Lipinski definition) is 3. The summed E-state index contributed by atoms with van der Waals surface area (Å²) < 4.78 is 5.28. The van der Waals surface area contributed by atoms with Crippen molar-refractivity contribution in [1.82, 2.24) is 10.2 Å². The van der Waals surface area contributed by atoms with Gasteiger partial charge in [0.15, 0.2) is 0 Å². The van der Waals surface area contributed by atoms with Gasteiger partial charge in [0.25, 0.3) is 0 Å². The van der Waals surface area contributed by atoms with E-state index in [0.717, 1.165) is 31.8 Å². The van der Waals surface area contributed by atoms with Crippen LogP contribution in [-0.4, -0.2) is 44.1 Å². The molecule has 0 saturated carbocycles. The number of carbonyl (C=O) groups is 1. The molecule has 0 spiro atoms. The Hall–Kier alpha value is -2.07. The predicted molar refractivity (Wildman–Crippen MR) is 95.0 cm³/mol. The zero-order valence-electron chi connectivity index (χ0n) is 14.3. The fourth-order valence-corrected chi connectivity index (χ4v) is 2.67. The van der Waals surface area contributed by atoms with E-state index in [1.165, 1.54) is 16.3 Å². The van der Waals surface area contributed by atoms with Crippen molar-refractivity contribution >= 4 is 16.7 Å². The Morgan fingerprint density at radius 3 is 2.52 bits per heavy atom. The molecule has 0 aliphatic heterocycles. The summed E-state index contributed by atoms with van der Waals surface area (Å²) in [6.07, 6.45) is 0.901. The van der Waals surface area contributed by atoms with E-state index >= 15 is 0 Å². The largest absolute Gasteiger partial charge is 0.497 e. The van der Waals surface area contributed by atoms with Crippen LogP contribution in [0.1, 0.15) is 19.4 Å². The molecule has 124 valence electrons. The van der Waals surface area contributed by atoms with Crippen molar-refractivity contribution in [2.75, 3.05) is 33.3 Å². The van der Waals surface area contributed by atoms with Crippen LogP contribution in [0.15, 0.2) is 36.4 Å². The Bertz CT molecular complexity index is 651. The lowest BCUT2D eigenvalue weighted by Crippen LogP contribution is -2.38. The summed E-state index contributed by atoms with van der Waals surface area (Å²) in [7, 11) is 1.68. The van der Waals surface area contributed by atoms with Gasteiger partial charge in [0.05, 0.1) is 13.7 Å². The van der Waals surface area contributed by atoms with Crippen molar-refractivity contribution in [2.24, 2.45) is 0 Å². The van der Waals surface area contributed by atoms with Crippen LogP contribution in [0.2, 0.25) is 0 Å². The van der Waals surface area contributed by atoms with Gasteiger partial charge in [-0.05, 0) is 55.3 Å². The molecule has 2 rings (SSSR count). The number of rotatable bonds is 8. The SMILES string of the molecule is CCN(CC)C(=O)CNCCc1ccc2ccc(OC)cc2c1. The van der Waals surface area contributed by atoms with Gasteiger partial charge in [-0.2, -0.15) is 0 Å². The molecule has 0 bridgehead atoms.